The van der Waals surface area contributed by atoms with Gasteiger partial charge in [0.2, 0.25) is 0 Å². The number of rotatable bonds is 4. The number of benzene rings is 1. The highest BCUT2D eigenvalue weighted by Gasteiger charge is 2.20. The van der Waals surface area contributed by atoms with E-state index < -0.39 is 15.0 Å². The highest BCUT2D eigenvalue weighted by molar-refractivity contribution is 8.13. The fourth-order valence-corrected chi connectivity index (χ4v) is 2.63. The van der Waals surface area contributed by atoms with Crippen molar-refractivity contribution in [3.63, 3.8) is 0 Å². The van der Waals surface area contributed by atoms with Gasteiger partial charge in [-0.2, -0.15) is 0 Å². The Morgan fingerprint density at radius 3 is 2.32 bits per heavy atom. The molecule has 19 heavy (non-hydrogen) atoms. The van der Waals surface area contributed by atoms with Gasteiger partial charge in [0.15, 0.2) is 0 Å². The van der Waals surface area contributed by atoms with Crippen LogP contribution in [0.1, 0.15) is 24.2 Å². The molecule has 0 aromatic heterocycles. The van der Waals surface area contributed by atoms with E-state index in [9.17, 15) is 13.2 Å². The van der Waals surface area contributed by atoms with Crippen LogP contribution in [0.25, 0.3) is 0 Å². The van der Waals surface area contributed by atoms with Gasteiger partial charge in [0.25, 0.3) is 9.05 Å². The molecule has 0 bridgehead atoms. The molecular weight excluding hydrogens is 290 g/mol. The molecule has 1 aromatic carbocycles. The number of nitrogens with zero attached hydrogens (tertiary/aromatic N) is 1. The van der Waals surface area contributed by atoms with Crippen LogP contribution in [-0.2, 0) is 13.8 Å². The van der Waals surface area contributed by atoms with E-state index >= 15 is 0 Å². The van der Waals surface area contributed by atoms with Crippen molar-refractivity contribution in [1.82, 2.24) is 0 Å². The minimum absolute atomic E-state index is 0.114. The zero-order chi connectivity index (χ0) is 14.8. The van der Waals surface area contributed by atoms with Crippen LogP contribution in [0, 0.1) is 0 Å². The molecule has 5 nitrogen and oxygen atoms in total. The molecule has 7 heteroatoms. The van der Waals surface area contributed by atoms with Crippen molar-refractivity contribution in [2.75, 3.05) is 19.0 Å². The number of carbonyl (C=O) groups is 1. The van der Waals surface area contributed by atoms with Crippen LogP contribution in [0.4, 0.5) is 5.69 Å². The van der Waals surface area contributed by atoms with Crippen LogP contribution in [-0.4, -0.2) is 34.6 Å². The summed E-state index contributed by atoms with van der Waals surface area (Å²) in [5, 5.41) is 0. The van der Waals surface area contributed by atoms with Crippen molar-refractivity contribution < 1.29 is 17.9 Å². The molecule has 0 amide bonds. The van der Waals surface area contributed by atoms with Crippen molar-refractivity contribution in [3.05, 3.63) is 23.8 Å². The zero-order valence-corrected chi connectivity index (χ0v) is 12.7. The van der Waals surface area contributed by atoms with E-state index in [2.05, 4.69) is 0 Å². The summed E-state index contributed by atoms with van der Waals surface area (Å²) in [5.74, 6) is -0.582. The van der Waals surface area contributed by atoms with Crippen molar-refractivity contribution in [2.45, 2.75) is 24.8 Å². The maximum absolute atomic E-state index is 11.7. The largest absolute Gasteiger partial charge is 0.459 e. The highest BCUT2D eigenvalue weighted by Crippen LogP contribution is 2.28. The fourth-order valence-electron chi connectivity index (χ4n) is 1.49. The molecule has 0 spiro atoms. The zero-order valence-electron chi connectivity index (χ0n) is 11.2. The van der Waals surface area contributed by atoms with E-state index in [1.54, 1.807) is 32.8 Å². The number of halogens is 1. The summed E-state index contributed by atoms with van der Waals surface area (Å²) in [7, 11) is 4.82. The van der Waals surface area contributed by atoms with Crippen molar-refractivity contribution in [1.29, 1.82) is 0 Å². The normalized spacial score (nSPS) is 11.5. The summed E-state index contributed by atoms with van der Waals surface area (Å²) in [6.45, 7) is 3.43. The SMILES string of the molecule is CC(C)OC(=O)c1ccc(N(C)C)c(S(=O)(=O)Cl)c1. The summed E-state index contributed by atoms with van der Waals surface area (Å²) in [6.07, 6.45) is -0.280. The van der Waals surface area contributed by atoms with Gasteiger partial charge in [-0.05, 0) is 32.0 Å². The second-order valence-electron chi connectivity index (χ2n) is 4.47. The summed E-state index contributed by atoms with van der Waals surface area (Å²) in [5.41, 5.74) is 0.564. The first kappa shape index (κ1) is 15.8. The van der Waals surface area contributed by atoms with Crippen LogP contribution in [0.2, 0.25) is 0 Å². The van der Waals surface area contributed by atoms with E-state index in [1.165, 1.54) is 18.2 Å². The predicted octanol–water partition coefficient (Wildman–Crippen LogP) is 2.25. The lowest BCUT2D eigenvalue weighted by molar-refractivity contribution is 0.0377. The lowest BCUT2D eigenvalue weighted by Crippen LogP contribution is -2.15. The molecule has 0 unspecified atom stereocenters. The van der Waals surface area contributed by atoms with Gasteiger partial charge in [-0.1, -0.05) is 0 Å². The van der Waals surface area contributed by atoms with E-state index in [0.717, 1.165) is 0 Å². The molecule has 0 atom stereocenters. The summed E-state index contributed by atoms with van der Waals surface area (Å²) in [6, 6.07) is 4.25. The number of hydrogen-bond acceptors (Lipinski definition) is 5. The van der Waals surface area contributed by atoms with Gasteiger partial charge in [0, 0.05) is 24.8 Å². The lowest BCUT2D eigenvalue weighted by Gasteiger charge is -2.16. The van der Waals surface area contributed by atoms with Gasteiger partial charge in [-0.3, -0.25) is 0 Å². The average Bonchev–Trinajstić information content (AvgIpc) is 2.25. The molecular formula is C12H16ClNO4S. The van der Waals surface area contributed by atoms with Crippen LogP contribution in [0.3, 0.4) is 0 Å². The minimum Gasteiger partial charge on any atom is -0.459 e. The molecule has 0 N–H and O–H groups in total. The predicted molar refractivity (Wildman–Crippen MR) is 74.4 cm³/mol. The summed E-state index contributed by atoms with van der Waals surface area (Å²) >= 11 is 0. The lowest BCUT2D eigenvalue weighted by atomic mass is 10.2. The summed E-state index contributed by atoms with van der Waals surface area (Å²) < 4.78 is 28.1. The molecule has 0 fully saturated rings. The van der Waals surface area contributed by atoms with Gasteiger partial charge < -0.3 is 9.64 Å². The first-order valence-corrected chi connectivity index (χ1v) is 7.91. The second kappa shape index (κ2) is 5.79. The van der Waals surface area contributed by atoms with Gasteiger partial charge in [0.05, 0.1) is 17.4 Å². The Hall–Kier alpha value is -1.27. The number of anilines is 1. The average molecular weight is 306 g/mol. The van der Waals surface area contributed by atoms with E-state index in [-0.39, 0.29) is 16.6 Å². The first-order chi connectivity index (χ1) is 8.62. The smallest absolute Gasteiger partial charge is 0.338 e. The van der Waals surface area contributed by atoms with Gasteiger partial charge in [-0.15, -0.1) is 0 Å². The molecule has 0 heterocycles. The quantitative estimate of drug-likeness (QED) is 0.630. The Balaban J connectivity index is 3.31. The maximum Gasteiger partial charge on any atom is 0.338 e. The molecule has 106 valence electrons. The number of hydrogen-bond donors (Lipinski definition) is 0. The third kappa shape index (κ3) is 4.11. The topological polar surface area (TPSA) is 63.7 Å². The minimum atomic E-state index is -3.94. The van der Waals surface area contributed by atoms with Crippen molar-refractivity contribution in [3.8, 4) is 0 Å². The Morgan fingerprint density at radius 1 is 1.32 bits per heavy atom. The molecule has 1 rings (SSSR count). The third-order valence-corrected chi connectivity index (χ3v) is 3.63. The Morgan fingerprint density at radius 2 is 1.89 bits per heavy atom. The maximum atomic E-state index is 11.7. The van der Waals surface area contributed by atoms with Gasteiger partial charge in [0.1, 0.15) is 4.90 Å². The molecule has 0 saturated carbocycles. The van der Waals surface area contributed by atoms with Crippen LogP contribution in [0.5, 0.6) is 0 Å². The van der Waals surface area contributed by atoms with Crippen LogP contribution < -0.4 is 4.90 Å². The van der Waals surface area contributed by atoms with E-state index in [4.69, 9.17) is 15.4 Å². The summed E-state index contributed by atoms with van der Waals surface area (Å²) in [4.78, 5) is 13.2. The third-order valence-electron chi connectivity index (χ3n) is 2.28. The number of ether oxygens (including phenoxy) is 1. The van der Waals surface area contributed by atoms with Crippen molar-refractivity contribution in [2.24, 2.45) is 0 Å². The Kier molecular flexibility index (Phi) is 4.81. The van der Waals surface area contributed by atoms with E-state index in [0.29, 0.717) is 5.69 Å². The Bertz CT molecular complexity index is 581. The van der Waals surface area contributed by atoms with E-state index in [1.807, 2.05) is 0 Å². The fraction of sp³-hybridized carbons (Fsp3) is 0.417. The molecule has 0 radical (unpaired) electrons. The monoisotopic (exact) mass is 305 g/mol. The number of carbonyl (C=O) groups excluding carboxylic acids is 1. The molecule has 1 aromatic rings. The van der Waals surface area contributed by atoms with Crippen LogP contribution in [0.15, 0.2) is 23.1 Å². The van der Waals surface area contributed by atoms with Crippen molar-refractivity contribution >= 4 is 31.4 Å². The first-order valence-electron chi connectivity index (χ1n) is 5.60. The van der Waals surface area contributed by atoms with Gasteiger partial charge in [-0.25, -0.2) is 13.2 Å². The Labute approximate surface area is 117 Å². The molecule has 0 saturated heterocycles. The number of esters is 1. The highest BCUT2D eigenvalue weighted by atomic mass is 35.7. The standard InChI is InChI=1S/C12H16ClNO4S/c1-8(2)18-12(15)9-5-6-10(14(3)4)11(7-9)19(13,16)17/h5-8H,1-4H3. The van der Waals surface area contributed by atoms with Gasteiger partial charge >= 0.3 is 5.97 Å². The molecule has 0 aliphatic carbocycles. The molecule has 0 aliphatic heterocycles. The second-order valence-corrected chi connectivity index (χ2v) is 7.00. The van der Waals surface area contributed by atoms with Crippen LogP contribution >= 0.6 is 10.7 Å². The molecule has 0 aliphatic rings.